The molecule has 2 amide bonds. The van der Waals surface area contributed by atoms with Crippen molar-refractivity contribution in [1.82, 2.24) is 10.2 Å². The number of rotatable bonds is 10. The molecule has 0 aliphatic heterocycles. The third-order valence-corrected chi connectivity index (χ3v) is 5.89. The Morgan fingerprint density at radius 2 is 1.81 bits per heavy atom. The predicted molar refractivity (Wildman–Crippen MR) is 128 cm³/mol. The number of carbonyl (C=O) groups excluding carboxylic acids is 2. The van der Waals surface area contributed by atoms with Gasteiger partial charge in [0.25, 0.3) is 5.91 Å². The van der Waals surface area contributed by atoms with Crippen molar-refractivity contribution >= 4 is 39.3 Å². The highest BCUT2D eigenvalue weighted by atomic mass is 79.9. The van der Waals surface area contributed by atoms with Gasteiger partial charge in [0.05, 0.1) is 5.02 Å². The Morgan fingerprint density at radius 1 is 1.13 bits per heavy atom. The molecule has 0 aliphatic carbocycles. The lowest BCUT2D eigenvalue weighted by molar-refractivity contribution is -0.143. The van der Waals surface area contributed by atoms with E-state index in [1.165, 1.54) is 0 Å². The van der Waals surface area contributed by atoms with E-state index in [9.17, 15) is 9.59 Å². The summed E-state index contributed by atoms with van der Waals surface area (Å²) in [5, 5.41) is 3.41. The fourth-order valence-corrected chi connectivity index (χ4v) is 3.79. The second-order valence-electron chi connectivity index (χ2n) is 7.61. The largest absolute Gasteiger partial charge is 0.482 e. The van der Waals surface area contributed by atoms with E-state index in [0.717, 1.165) is 22.0 Å². The second kappa shape index (κ2) is 12.1. The minimum absolute atomic E-state index is 0.0377. The number of nitrogens with one attached hydrogen (secondary N) is 1. The van der Waals surface area contributed by atoms with Gasteiger partial charge in [-0.25, -0.2) is 0 Å². The van der Waals surface area contributed by atoms with Crippen LogP contribution in [0.5, 0.6) is 5.75 Å². The first kappa shape index (κ1) is 25.2. The summed E-state index contributed by atoms with van der Waals surface area (Å²) in [7, 11) is 0. The van der Waals surface area contributed by atoms with Crippen LogP contribution in [-0.2, 0) is 16.1 Å². The summed E-state index contributed by atoms with van der Waals surface area (Å²) in [6.45, 7) is 8.00. The molecule has 2 aromatic rings. The lowest BCUT2D eigenvalue weighted by Crippen LogP contribution is -2.51. The van der Waals surface area contributed by atoms with Gasteiger partial charge in [-0.3, -0.25) is 9.59 Å². The molecule has 2 rings (SSSR count). The van der Waals surface area contributed by atoms with E-state index < -0.39 is 6.04 Å². The summed E-state index contributed by atoms with van der Waals surface area (Å²) >= 11 is 9.56. The number of amides is 2. The molecule has 7 heteroatoms. The quantitative estimate of drug-likeness (QED) is 0.459. The number of hydrogen-bond donors (Lipinski definition) is 1. The van der Waals surface area contributed by atoms with Gasteiger partial charge in [0.2, 0.25) is 5.91 Å². The van der Waals surface area contributed by atoms with Crippen LogP contribution in [0.3, 0.4) is 0 Å². The Bertz CT molecular complexity index is 889. The SMILES string of the molecule is CC[C@@H](C)NC(=O)[C@@H](CC)N(Cc1ccc(C)cc1)C(=O)COc1ccc(Br)cc1Cl. The lowest BCUT2D eigenvalue weighted by Gasteiger charge is -2.31. The Morgan fingerprint density at radius 3 is 2.39 bits per heavy atom. The van der Waals surface area contributed by atoms with Crippen molar-refractivity contribution in [3.8, 4) is 5.75 Å². The van der Waals surface area contributed by atoms with Gasteiger partial charge < -0.3 is 15.0 Å². The van der Waals surface area contributed by atoms with Crippen LogP contribution in [0.2, 0.25) is 5.02 Å². The van der Waals surface area contributed by atoms with E-state index in [1.54, 1.807) is 23.1 Å². The Kier molecular flexibility index (Phi) is 9.85. The molecule has 0 saturated heterocycles. The van der Waals surface area contributed by atoms with Crippen molar-refractivity contribution in [2.24, 2.45) is 0 Å². The topological polar surface area (TPSA) is 58.6 Å². The van der Waals surface area contributed by atoms with Crippen LogP contribution in [0.1, 0.15) is 44.7 Å². The highest BCUT2D eigenvalue weighted by molar-refractivity contribution is 9.10. The number of benzene rings is 2. The fraction of sp³-hybridized carbons (Fsp3) is 0.417. The monoisotopic (exact) mass is 508 g/mol. The molecule has 1 N–H and O–H groups in total. The van der Waals surface area contributed by atoms with Crippen LogP contribution in [0.25, 0.3) is 0 Å². The molecule has 0 saturated carbocycles. The molecule has 0 bridgehead atoms. The van der Waals surface area contributed by atoms with Crippen LogP contribution in [0, 0.1) is 6.92 Å². The van der Waals surface area contributed by atoms with Gasteiger partial charge >= 0.3 is 0 Å². The molecule has 0 heterocycles. The predicted octanol–water partition coefficient (Wildman–Crippen LogP) is 5.51. The van der Waals surface area contributed by atoms with Gasteiger partial charge in [0.1, 0.15) is 11.8 Å². The van der Waals surface area contributed by atoms with Crippen molar-refractivity contribution in [1.29, 1.82) is 0 Å². The minimum atomic E-state index is -0.591. The van der Waals surface area contributed by atoms with E-state index in [2.05, 4.69) is 21.2 Å². The molecule has 168 valence electrons. The van der Waals surface area contributed by atoms with Gasteiger partial charge in [-0.2, -0.15) is 0 Å². The van der Waals surface area contributed by atoms with Crippen LogP contribution < -0.4 is 10.1 Å². The second-order valence-corrected chi connectivity index (χ2v) is 8.94. The highest BCUT2D eigenvalue weighted by Crippen LogP contribution is 2.28. The maximum absolute atomic E-state index is 13.2. The van der Waals surface area contributed by atoms with Crippen LogP contribution in [-0.4, -0.2) is 35.4 Å². The fourth-order valence-electron chi connectivity index (χ4n) is 3.07. The summed E-state index contributed by atoms with van der Waals surface area (Å²) in [5.74, 6) is -0.00435. The zero-order valence-corrected chi connectivity index (χ0v) is 20.8. The van der Waals surface area contributed by atoms with Crippen LogP contribution in [0.15, 0.2) is 46.9 Å². The molecular formula is C24H30BrClN2O3. The van der Waals surface area contributed by atoms with Crippen LogP contribution in [0.4, 0.5) is 0 Å². The number of aryl methyl sites for hydroxylation is 1. The standard InChI is InChI=1S/C24H30BrClN2O3/c1-5-17(4)27-24(30)21(6-2)28(14-18-9-7-16(3)8-10-18)23(29)15-31-22-12-11-19(25)13-20(22)26/h7-13,17,21H,5-6,14-15H2,1-4H3,(H,27,30)/t17-,21-/m1/s1. The molecule has 31 heavy (non-hydrogen) atoms. The summed E-state index contributed by atoms with van der Waals surface area (Å²) in [5.41, 5.74) is 2.09. The van der Waals surface area contributed by atoms with Gasteiger partial charge in [-0.15, -0.1) is 0 Å². The summed E-state index contributed by atoms with van der Waals surface area (Å²) in [4.78, 5) is 27.7. The average molecular weight is 510 g/mol. The number of nitrogens with zero attached hydrogens (tertiary/aromatic N) is 1. The van der Waals surface area contributed by atoms with E-state index in [4.69, 9.17) is 16.3 Å². The van der Waals surface area contributed by atoms with Crippen LogP contribution >= 0.6 is 27.5 Å². The normalized spacial score (nSPS) is 12.7. The molecule has 0 radical (unpaired) electrons. The maximum Gasteiger partial charge on any atom is 0.261 e. The number of carbonyl (C=O) groups is 2. The van der Waals surface area contributed by atoms with E-state index in [-0.39, 0.29) is 24.5 Å². The first-order valence-corrected chi connectivity index (χ1v) is 11.6. The number of hydrogen-bond acceptors (Lipinski definition) is 3. The molecule has 0 aromatic heterocycles. The number of halogens is 2. The molecule has 2 atom stereocenters. The van der Waals surface area contributed by atoms with Gasteiger partial charge in [0.15, 0.2) is 6.61 Å². The Hall–Kier alpha value is -2.05. The molecule has 0 unspecified atom stereocenters. The smallest absolute Gasteiger partial charge is 0.261 e. The average Bonchev–Trinajstić information content (AvgIpc) is 2.74. The first-order valence-electron chi connectivity index (χ1n) is 10.5. The first-order chi connectivity index (χ1) is 14.7. The van der Waals surface area contributed by atoms with E-state index >= 15 is 0 Å². The number of ether oxygens (including phenoxy) is 1. The molecule has 0 aliphatic rings. The molecular weight excluding hydrogens is 480 g/mol. The van der Waals surface area contributed by atoms with Gasteiger partial charge in [-0.05, 0) is 50.5 Å². The summed E-state index contributed by atoms with van der Waals surface area (Å²) in [6.07, 6.45) is 1.32. The summed E-state index contributed by atoms with van der Waals surface area (Å²) in [6, 6.07) is 12.6. The van der Waals surface area contributed by atoms with Crippen molar-refractivity contribution in [3.63, 3.8) is 0 Å². The zero-order chi connectivity index (χ0) is 23.0. The third kappa shape index (κ3) is 7.54. The highest BCUT2D eigenvalue weighted by Gasteiger charge is 2.29. The van der Waals surface area contributed by atoms with Crippen molar-refractivity contribution in [3.05, 3.63) is 63.1 Å². The Balaban J connectivity index is 2.22. The lowest BCUT2D eigenvalue weighted by atomic mass is 10.1. The molecule has 5 nitrogen and oxygen atoms in total. The zero-order valence-electron chi connectivity index (χ0n) is 18.5. The van der Waals surface area contributed by atoms with Crippen molar-refractivity contribution < 1.29 is 14.3 Å². The van der Waals surface area contributed by atoms with E-state index in [1.807, 2.05) is 52.0 Å². The van der Waals surface area contributed by atoms with Gasteiger partial charge in [0, 0.05) is 17.1 Å². The molecule has 0 fully saturated rings. The van der Waals surface area contributed by atoms with Crippen molar-refractivity contribution in [2.45, 2.75) is 59.2 Å². The molecule has 2 aromatic carbocycles. The maximum atomic E-state index is 13.2. The molecule has 0 spiro atoms. The minimum Gasteiger partial charge on any atom is -0.482 e. The van der Waals surface area contributed by atoms with Crippen molar-refractivity contribution in [2.75, 3.05) is 6.61 Å². The summed E-state index contributed by atoms with van der Waals surface area (Å²) < 4.78 is 6.52. The Labute approximate surface area is 198 Å². The van der Waals surface area contributed by atoms with Gasteiger partial charge in [-0.1, -0.05) is 71.2 Å². The van der Waals surface area contributed by atoms with E-state index in [0.29, 0.717) is 23.7 Å². The third-order valence-electron chi connectivity index (χ3n) is 5.11.